The Balaban J connectivity index is 1.63. The second-order valence-corrected chi connectivity index (χ2v) is 7.39. The third-order valence-electron chi connectivity index (χ3n) is 4.87. The van der Waals surface area contributed by atoms with Crippen molar-refractivity contribution in [1.82, 2.24) is 19.9 Å². The van der Waals surface area contributed by atoms with Crippen LogP contribution in [0, 0.1) is 5.82 Å². The van der Waals surface area contributed by atoms with Crippen molar-refractivity contribution < 1.29 is 9.50 Å². The number of aliphatic hydroxyl groups is 1. The lowest BCUT2D eigenvalue weighted by Gasteiger charge is -2.27. The van der Waals surface area contributed by atoms with Gasteiger partial charge < -0.3 is 15.7 Å². The van der Waals surface area contributed by atoms with Gasteiger partial charge in [-0.05, 0) is 43.9 Å². The Morgan fingerprint density at radius 3 is 2.55 bits per heavy atom. The number of aliphatic hydroxyl groups excluding tert-OH is 1. The molecule has 150 valence electrons. The Bertz CT molecular complexity index is 982. The molecule has 0 atom stereocenters. The van der Waals surface area contributed by atoms with Crippen LogP contribution in [0.2, 0.25) is 5.02 Å². The Hall–Kier alpha value is -2.84. The molecule has 1 saturated carbocycles. The average molecular weight is 415 g/mol. The summed E-state index contributed by atoms with van der Waals surface area (Å²) in [6.07, 6.45) is 9.55. The molecule has 1 fully saturated rings. The van der Waals surface area contributed by atoms with E-state index in [0.717, 1.165) is 36.8 Å². The summed E-state index contributed by atoms with van der Waals surface area (Å²) < 4.78 is 13.4. The summed E-state index contributed by atoms with van der Waals surface area (Å²) in [7, 11) is 0. The summed E-state index contributed by atoms with van der Waals surface area (Å²) in [5.41, 5.74) is 2.15. The molecule has 1 aliphatic carbocycles. The molecule has 3 aromatic rings. The first-order valence-corrected chi connectivity index (χ1v) is 9.75. The van der Waals surface area contributed by atoms with Gasteiger partial charge in [0.15, 0.2) is 0 Å². The zero-order valence-corrected chi connectivity index (χ0v) is 16.3. The smallest absolute Gasteiger partial charge is 0.229 e. The molecule has 0 bridgehead atoms. The summed E-state index contributed by atoms with van der Waals surface area (Å²) in [5, 5.41) is 16.3. The molecule has 3 N–H and O–H groups in total. The quantitative estimate of drug-likeness (QED) is 0.576. The molecule has 1 aromatic carbocycles. The molecule has 9 heteroatoms. The van der Waals surface area contributed by atoms with Crippen molar-refractivity contribution in [2.24, 2.45) is 0 Å². The van der Waals surface area contributed by atoms with Crippen LogP contribution in [0.3, 0.4) is 0 Å². The van der Waals surface area contributed by atoms with Crippen molar-refractivity contribution in [3.63, 3.8) is 0 Å². The summed E-state index contributed by atoms with van der Waals surface area (Å²) in [5.74, 6) is 0.512. The van der Waals surface area contributed by atoms with Gasteiger partial charge in [0.2, 0.25) is 5.95 Å². The first kappa shape index (κ1) is 19.5. The fourth-order valence-electron chi connectivity index (χ4n) is 3.32. The van der Waals surface area contributed by atoms with Crippen LogP contribution in [0.1, 0.15) is 25.7 Å². The molecule has 7 nitrogen and oxygen atoms in total. The molecular weight excluding hydrogens is 395 g/mol. The van der Waals surface area contributed by atoms with E-state index < -0.39 is 5.82 Å². The summed E-state index contributed by atoms with van der Waals surface area (Å²) in [6, 6.07) is 4.53. The molecule has 29 heavy (non-hydrogen) atoms. The maximum absolute atomic E-state index is 13.4. The van der Waals surface area contributed by atoms with Gasteiger partial charge in [-0.3, -0.25) is 0 Å². The van der Waals surface area contributed by atoms with Crippen molar-refractivity contribution in [2.75, 3.05) is 10.6 Å². The molecule has 2 heterocycles. The summed E-state index contributed by atoms with van der Waals surface area (Å²) in [6.45, 7) is 0. The van der Waals surface area contributed by atoms with Crippen LogP contribution in [0.4, 0.5) is 21.8 Å². The fourth-order valence-corrected chi connectivity index (χ4v) is 3.50. The van der Waals surface area contributed by atoms with Crippen LogP contribution in [-0.4, -0.2) is 37.2 Å². The topological polar surface area (TPSA) is 95.8 Å². The van der Waals surface area contributed by atoms with Gasteiger partial charge in [0.25, 0.3) is 0 Å². The number of aromatic nitrogens is 4. The molecule has 4 rings (SSSR count). The van der Waals surface area contributed by atoms with E-state index in [-0.39, 0.29) is 17.2 Å². The minimum absolute atomic E-state index is 0.0205. The molecule has 0 saturated heterocycles. The summed E-state index contributed by atoms with van der Waals surface area (Å²) >= 11 is 5.85. The Morgan fingerprint density at radius 2 is 1.83 bits per heavy atom. The molecule has 0 radical (unpaired) electrons. The Labute approximate surface area is 172 Å². The van der Waals surface area contributed by atoms with Gasteiger partial charge in [0.05, 0.1) is 11.1 Å². The number of rotatable bonds is 5. The van der Waals surface area contributed by atoms with Crippen LogP contribution in [0.25, 0.3) is 11.1 Å². The SMILES string of the molecule is O[C@H]1CC[C@H](Nc2nc(Nc3ccc(F)c(Cl)c3)ncc2-c2cncnc2)CC1. The van der Waals surface area contributed by atoms with E-state index in [4.69, 9.17) is 11.6 Å². The highest BCUT2D eigenvalue weighted by atomic mass is 35.5. The highest BCUT2D eigenvalue weighted by Gasteiger charge is 2.21. The molecular formula is C20H20ClFN6O. The maximum Gasteiger partial charge on any atom is 0.229 e. The monoisotopic (exact) mass is 414 g/mol. The number of nitrogens with zero attached hydrogens (tertiary/aromatic N) is 4. The molecule has 1 aliphatic rings. The maximum atomic E-state index is 13.4. The number of hydrogen-bond acceptors (Lipinski definition) is 7. The molecule has 0 aliphatic heterocycles. The van der Waals surface area contributed by atoms with Gasteiger partial charge in [-0.25, -0.2) is 19.3 Å². The second kappa shape index (κ2) is 8.67. The largest absolute Gasteiger partial charge is 0.393 e. The van der Waals surface area contributed by atoms with Crippen LogP contribution in [0.15, 0.2) is 43.1 Å². The molecule has 0 amide bonds. The van der Waals surface area contributed by atoms with E-state index in [0.29, 0.717) is 17.5 Å². The fraction of sp³-hybridized carbons (Fsp3) is 0.300. The lowest BCUT2D eigenvalue weighted by atomic mass is 9.93. The Morgan fingerprint density at radius 1 is 1.07 bits per heavy atom. The lowest BCUT2D eigenvalue weighted by Crippen LogP contribution is -2.28. The van der Waals surface area contributed by atoms with Gasteiger partial charge in [-0.1, -0.05) is 11.6 Å². The average Bonchev–Trinajstić information content (AvgIpc) is 2.73. The van der Waals surface area contributed by atoms with E-state index in [2.05, 4.69) is 30.6 Å². The number of hydrogen-bond donors (Lipinski definition) is 3. The van der Waals surface area contributed by atoms with E-state index in [1.54, 1.807) is 24.7 Å². The van der Waals surface area contributed by atoms with Gasteiger partial charge >= 0.3 is 0 Å². The number of benzene rings is 1. The normalized spacial score (nSPS) is 19.0. The zero-order valence-electron chi connectivity index (χ0n) is 15.5. The zero-order chi connectivity index (χ0) is 20.2. The van der Waals surface area contributed by atoms with E-state index in [9.17, 15) is 9.50 Å². The highest BCUT2D eigenvalue weighted by Crippen LogP contribution is 2.30. The van der Waals surface area contributed by atoms with Crippen molar-refractivity contribution in [3.05, 3.63) is 54.0 Å². The van der Waals surface area contributed by atoms with Gasteiger partial charge in [-0.15, -0.1) is 0 Å². The molecule has 0 spiro atoms. The number of halogens is 2. The van der Waals surface area contributed by atoms with Crippen LogP contribution < -0.4 is 10.6 Å². The van der Waals surface area contributed by atoms with Crippen molar-refractivity contribution in [2.45, 2.75) is 37.8 Å². The minimum Gasteiger partial charge on any atom is -0.393 e. The van der Waals surface area contributed by atoms with E-state index >= 15 is 0 Å². The third-order valence-corrected chi connectivity index (χ3v) is 5.16. The number of anilines is 3. The van der Waals surface area contributed by atoms with Crippen molar-refractivity contribution >= 4 is 29.1 Å². The first-order chi connectivity index (χ1) is 14.1. The minimum atomic E-state index is -0.487. The van der Waals surface area contributed by atoms with Gasteiger partial charge in [0, 0.05) is 41.4 Å². The Kier molecular flexibility index (Phi) is 5.82. The first-order valence-electron chi connectivity index (χ1n) is 9.37. The third kappa shape index (κ3) is 4.78. The molecule has 0 unspecified atom stereocenters. The predicted molar refractivity (Wildman–Crippen MR) is 110 cm³/mol. The van der Waals surface area contributed by atoms with Crippen LogP contribution in [-0.2, 0) is 0 Å². The van der Waals surface area contributed by atoms with Gasteiger partial charge in [0.1, 0.15) is 18.0 Å². The van der Waals surface area contributed by atoms with Crippen LogP contribution in [0.5, 0.6) is 0 Å². The standard InChI is InChI=1S/C20H20ClFN6O/c21-17-7-14(3-6-18(17)22)27-20-25-10-16(12-8-23-11-24-9-12)19(28-20)26-13-1-4-15(29)5-2-13/h3,6-11,13,15,29H,1-2,4-5H2,(H2,25,26,27,28)/t13-,15-. The molecule has 2 aromatic heterocycles. The highest BCUT2D eigenvalue weighted by molar-refractivity contribution is 6.31. The van der Waals surface area contributed by atoms with Crippen LogP contribution >= 0.6 is 11.6 Å². The second-order valence-electron chi connectivity index (χ2n) is 6.99. The lowest BCUT2D eigenvalue weighted by molar-refractivity contribution is 0.126. The summed E-state index contributed by atoms with van der Waals surface area (Å²) in [4.78, 5) is 17.1. The predicted octanol–water partition coefficient (Wildman–Crippen LogP) is 4.19. The number of nitrogens with one attached hydrogen (secondary N) is 2. The van der Waals surface area contributed by atoms with E-state index in [1.807, 2.05) is 0 Å². The van der Waals surface area contributed by atoms with E-state index in [1.165, 1.54) is 18.5 Å². The van der Waals surface area contributed by atoms with Gasteiger partial charge in [-0.2, -0.15) is 4.98 Å². The van der Waals surface area contributed by atoms with Crippen molar-refractivity contribution in [3.8, 4) is 11.1 Å². The van der Waals surface area contributed by atoms with Crippen molar-refractivity contribution in [1.29, 1.82) is 0 Å².